The average Bonchev–Trinajstić information content (AvgIpc) is 2.88. The van der Waals surface area contributed by atoms with Gasteiger partial charge in [0, 0.05) is 12.1 Å². The Bertz CT molecular complexity index is 534. The van der Waals surface area contributed by atoms with E-state index >= 15 is 0 Å². The van der Waals surface area contributed by atoms with Crippen LogP contribution in [0.5, 0.6) is 0 Å². The third-order valence-corrected chi connectivity index (χ3v) is 3.72. The average molecular weight is 275 g/mol. The lowest BCUT2D eigenvalue weighted by molar-refractivity contribution is 0.0950. The van der Waals surface area contributed by atoms with Crippen LogP contribution in [0.4, 0.5) is 0 Å². The highest BCUT2D eigenvalue weighted by Gasteiger charge is 2.14. The summed E-state index contributed by atoms with van der Waals surface area (Å²) in [5.41, 5.74) is 2.00. The zero-order chi connectivity index (χ0) is 13.7. The molecule has 1 amide bonds. The molecule has 1 unspecified atom stereocenters. The summed E-state index contributed by atoms with van der Waals surface area (Å²) >= 11 is 1.44. The second kappa shape index (κ2) is 6.50. The first-order chi connectivity index (χ1) is 9.18. The fraction of sp³-hybridized carbons (Fsp3) is 0.267. The number of carbonyl (C=O) groups excluding carboxylic acids is 1. The van der Waals surface area contributed by atoms with Gasteiger partial charge in [0.2, 0.25) is 0 Å². The Morgan fingerprint density at radius 1 is 1.32 bits per heavy atom. The number of thiophene rings is 1. The molecule has 0 saturated heterocycles. The van der Waals surface area contributed by atoms with E-state index in [4.69, 9.17) is 0 Å². The number of nitrogens with one attached hydrogen (secondary N) is 1. The van der Waals surface area contributed by atoms with E-state index < -0.39 is 6.10 Å². The fourth-order valence-corrected chi connectivity index (χ4v) is 2.64. The summed E-state index contributed by atoms with van der Waals surface area (Å²) in [7, 11) is 0. The number of rotatable bonds is 5. The van der Waals surface area contributed by atoms with Crippen LogP contribution in [0, 0.1) is 0 Å². The van der Waals surface area contributed by atoms with Gasteiger partial charge in [-0.3, -0.25) is 4.79 Å². The second-order valence-corrected chi connectivity index (χ2v) is 5.34. The molecule has 1 aromatic heterocycles. The molecular formula is C15H17NO2S. The van der Waals surface area contributed by atoms with E-state index in [1.54, 1.807) is 6.92 Å². The van der Waals surface area contributed by atoms with Crippen molar-refractivity contribution in [3.63, 3.8) is 0 Å². The molecule has 19 heavy (non-hydrogen) atoms. The minimum Gasteiger partial charge on any atom is -0.393 e. The molecule has 0 aliphatic carbocycles. The minimum absolute atomic E-state index is 0.0745. The van der Waals surface area contributed by atoms with Crippen LogP contribution in [-0.2, 0) is 0 Å². The number of hydrogen-bond acceptors (Lipinski definition) is 3. The highest BCUT2D eigenvalue weighted by atomic mass is 32.1. The lowest BCUT2D eigenvalue weighted by Crippen LogP contribution is -2.26. The molecule has 0 radical (unpaired) electrons. The van der Waals surface area contributed by atoms with Gasteiger partial charge in [0.05, 0.1) is 11.0 Å². The third-order valence-electron chi connectivity index (χ3n) is 2.80. The lowest BCUT2D eigenvalue weighted by atomic mass is 10.1. The van der Waals surface area contributed by atoms with Gasteiger partial charge in [-0.05, 0) is 30.4 Å². The van der Waals surface area contributed by atoms with Crippen molar-refractivity contribution in [2.75, 3.05) is 6.54 Å². The molecule has 2 aromatic rings. The molecule has 0 saturated carbocycles. The van der Waals surface area contributed by atoms with Crippen LogP contribution in [0.1, 0.15) is 23.0 Å². The lowest BCUT2D eigenvalue weighted by Gasteiger charge is -2.07. The molecule has 2 rings (SSSR count). The summed E-state index contributed by atoms with van der Waals surface area (Å²) in [6.07, 6.45) is 0.176. The zero-order valence-corrected chi connectivity index (χ0v) is 11.6. The zero-order valence-electron chi connectivity index (χ0n) is 10.8. The van der Waals surface area contributed by atoms with E-state index in [0.29, 0.717) is 13.0 Å². The van der Waals surface area contributed by atoms with Gasteiger partial charge in [0.25, 0.3) is 5.91 Å². The predicted molar refractivity (Wildman–Crippen MR) is 78.4 cm³/mol. The van der Waals surface area contributed by atoms with Crippen LogP contribution < -0.4 is 5.32 Å². The summed E-state index contributed by atoms with van der Waals surface area (Å²) < 4.78 is 0. The standard InChI is InChI=1S/C15H17NO2S/c1-11(17)7-9-16-15(18)14-13(8-10-19-14)12-5-3-2-4-6-12/h2-6,8,10-11,17H,7,9H2,1H3,(H,16,18). The van der Waals surface area contributed by atoms with Crippen LogP contribution >= 0.6 is 11.3 Å². The highest BCUT2D eigenvalue weighted by molar-refractivity contribution is 7.12. The van der Waals surface area contributed by atoms with Crippen molar-refractivity contribution in [3.05, 3.63) is 46.7 Å². The van der Waals surface area contributed by atoms with E-state index in [2.05, 4.69) is 5.32 Å². The molecule has 1 aromatic carbocycles. The van der Waals surface area contributed by atoms with Crippen molar-refractivity contribution >= 4 is 17.2 Å². The molecule has 1 atom stereocenters. The van der Waals surface area contributed by atoms with Crippen molar-refractivity contribution in [2.45, 2.75) is 19.4 Å². The maximum Gasteiger partial charge on any atom is 0.261 e. The molecule has 0 aliphatic heterocycles. The Balaban J connectivity index is 2.09. The number of benzene rings is 1. The van der Waals surface area contributed by atoms with Crippen LogP contribution in [0.3, 0.4) is 0 Å². The van der Waals surface area contributed by atoms with Gasteiger partial charge in [0.1, 0.15) is 0 Å². The van der Waals surface area contributed by atoms with E-state index in [1.807, 2.05) is 41.8 Å². The SMILES string of the molecule is CC(O)CCNC(=O)c1sccc1-c1ccccc1. The number of aliphatic hydroxyl groups excluding tert-OH is 1. The Hall–Kier alpha value is -1.65. The Labute approximate surface area is 116 Å². The first-order valence-corrected chi connectivity index (χ1v) is 7.15. The molecule has 0 fully saturated rings. The molecule has 4 heteroatoms. The van der Waals surface area contributed by atoms with Crippen molar-refractivity contribution in [1.29, 1.82) is 0 Å². The van der Waals surface area contributed by atoms with Gasteiger partial charge in [0.15, 0.2) is 0 Å². The van der Waals surface area contributed by atoms with E-state index in [1.165, 1.54) is 11.3 Å². The number of amides is 1. The van der Waals surface area contributed by atoms with Crippen molar-refractivity contribution in [3.8, 4) is 11.1 Å². The largest absolute Gasteiger partial charge is 0.393 e. The summed E-state index contributed by atoms with van der Waals surface area (Å²) in [6.45, 7) is 2.20. The molecule has 100 valence electrons. The maximum atomic E-state index is 12.1. The van der Waals surface area contributed by atoms with Gasteiger partial charge in [-0.15, -0.1) is 11.3 Å². The van der Waals surface area contributed by atoms with Gasteiger partial charge >= 0.3 is 0 Å². The first-order valence-electron chi connectivity index (χ1n) is 6.27. The Kier molecular flexibility index (Phi) is 4.71. The maximum absolute atomic E-state index is 12.1. The smallest absolute Gasteiger partial charge is 0.261 e. The van der Waals surface area contributed by atoms with Crippen LogP contribution in [0.2, 0.25) is 0 Å². The summed E-state index contributed by atoms with van der Waals surface area (Å²) in [5.74, 6) is -0.0745. The second-order valence-electron chi connectivity index (χ2n) is 4.42. The van der Waals surface area contributed by atoms with Crippen LogP contribution in [-0.4, -0.2) is 23.7 Å². The molecule has 0 aliphatic rings. The van der Waals surface area contributed by atoms with Gasteiger partial charge in [-0.2, -0.15) is 0 Å². The summed E-state index contributed by atoms with van der Waals surface area (Å²) in [6, 6.07) is 11.8. The molecule has 0 spiro atoms. The first kappa shape index (κ1) is 13.8. The summed E-state index contributed by atoms with van der Waals surface area (Å²) in [5, 5.41) is 13.9. The number of aliphatic hydroxyl groups is 1. The van der Waals surface area contributed by atoms with Crippen LogP contribution in [0.25, 0.3) is 11.1 Å². The highest BCUT2D eigenvalue weighted by Crippen LogP contribution is 2.27. The number of carbonyl (C=O) groups is 1. The van der Waals surface area contributed by atoms with Crippen molar-refractivity contribution < 1.29 is 9.90 Å². The van der Waals surface area contributed by atoms with E-state index in [9.17, 15) is 9.90 Å². The van der Waals surface area contributed by atoms with Crippen molar-refractivity contribution in [1.82, 2.24) is 5.32 Å². The van der Waals surface area contributed by atoms with E-state index in [0.717, 1.165) is 16.0 Å². The van der Waals surface area contributed by atoms with Gasteiger partial charge in [-0.1, -0.05) is 30.3 Å². The topological polar surface area (TPSA) is 49.3 Å². The fourth-order valence-electron chi connectivity index (χ4n) is 1.81. The Morgan fingerprint density at radius 2 is 2.05 bits per heavy atom. The Morgan fingerprint density at radius 3 is 2.74 bits per heavy atom. The normalized spacial score (nSPS) is 12.1. The molecular weight excluding hydrogens is 258 g/mol. The predicted octanol–water partition coefficient (Wildman–Crippen LogP) is 2.92. The number of hydrogen-bond donors (Lipinski definition) is 2. The van der Waals surface area contributed by atoms with Gasteiger partial charge in [-0.25, -0.2) is 0 Å². The quantitative estimate of drug-likeness (QED) is 0.881. The van der Waals surface area contributed by atoms with Gasteiger partial charge < -0.3 is 10.4 Å². The van der Waals surface area contributed by atoms with Crippen molar-refractivity contribution in [2.24, 2.45) is 0 Å². The van der Waals surface area contributed by atoms with E-state index in [-0.39, 0.29) is 5.91 Å². The molecule has 1 heterocycles. The third kappa shape index (κ3) is 3.66. The summed E-state index contributed by atoms with van der Waals surface area (Å²) in [4.78, 5) is 12.8. The molecule has 2 N–H and O–H groups in total. The molecule has 3 nitrogen and oxygen atoms in total. The van der Waals surface area contributed by atoms with Crippen LogP contribution in [0.15, 0.2) is 41.8 Å². The monoisotopic (exact) mass is 275 g/mol. The minimum atomic E-state index is -0.391. The molecule has 0 bridgehead atoms.